The van der Waals surface area contributed by atoms with Crippen molar-refractivity contribution in [3.05, 3.63) is 41.1 Å². The second-order valence-corrected chi connectivity index (χ2v) is 6.51. The van der Waals surface area contributed by atoms with Gasteiger partial charge in [0.1, 0.15) is 0 Å². The topological polar surface area (TPSA) is 62.2 Å². The van der Waals surface area contributed by atoms with Crippen LogP contribution in [0.3, 0.4) is 0 Å². The number of hydrogen-bond donors (Lipinski definition) is 2. The third-order valence-electron chi connectivity index (χ3n) is 3.96. The number of rotatable bonds is 5. The Morgan fingerprint density at radius 2 is 2.05 bits per heavy atom. The predicted octanol–water partition coefficient (Wildman–Crippen LogP) is 2.69. The van der Waals surface area contributed by atoms with E-state index in [0.29, 0.717) is 5.56 Å². The van der Waals surface area contributed by atoms with E-state index in [1.807, 2.05) is 51.3 Å². The first-order valence-electron chi connectivity index (χ1n) is 7.30. The summed E-state index contributed by atoms with van der Waals surface area (Å²) in [5.74, 6) is -0.131. The standard InChI is InChI=1S/C17H22N2O2S/c1-10-13-7-5-6-8-14(13)18-12(3)16(10)17(21)19-11(2)15(9-20)22-4/h5-8,11,15,20H,9H2,1-4H3,(H,19,21)/t11-,15-/m1/s1. The third-order valence-corrected chi connectivity index (χ3v) is 5.12. The Labute approximate surface area is 135 Å². The van der Waals surface area contributed by atoms with Crippen LogP contribution in [-0.2, 0) is 0 Å². The lowest BCUT2D eigenvalue weighted by Gasteiger charge is -2.22. The maximum absolute atomic E-state index is 12.6. The van der Waals surface area contributed by atoms with E-state index in [9.17, 15) is 9.90 Å². The van der Waals surface area contributed by atoms with E-state index in [1.54, 1.807) is 11.8 Å². The van der Waals surface area contributed by atoms with E-state index in [0.717, 1.165) is 22.2 Å². The quantitative estimate of drug-likeness (QED) is 0.890. The highest BCUT2D eigenvalue weighted by Crippen LogP contribution is 2.23. The van der Waals surface area contributed by atoms with Gasteiger partial charge in [-0.3, -0.25) is 9.78 Å². The zero-order valence-corrected chi connectivity index (χ0v) is 14.2. The minimum absolute atomic E-state index is 0.0158. The van der Waals surface area contributed by atoms with Crippen molar-refractivity contribution >= 4 is 28.6 Å². The first-order valence-corrected chi connectivity index (χ1v) is 8.58. The Hall–Kier alpha value is -1.59. The molecule has 0 spiro atoms. The van der Waals surface area contributed by atoms with Gasteiger partial charge in [-0.15, -0.1) is 0 Å². The van der Waals surface area contributed by atoms with Crippen LogP contribution < -0.4 is 5.32 Å². The van der Waals surface area contributed by atoms with Crippen molar-refractivity contribution in [1.29, 1.82) is 0 Å². The number of para-hydroxylation sites is 1. The summed E-state index contributed by atoms with van der Waals surface area (Å²) in [6.45, 7) is 5.76. The number of thioether (sulfide) groups is 1. The fourth-order valence-electron chi connectivity index (χ4n) is 2.67. The van der Waals surface area contributed by atoms with Gasteiger partial charge in [0.25, 0.3) is 5.91 Å². The molecule has 22 heavy (non-hydrogen) atoms. The highest BCUT2D eigenvalue weighted by atomic mass is 32.2. The second kappa shape index (κ2) is 7.11. The average Bonchev–Trinajstić information content (AvgIpc) is 2.48. The summed E-state index contributed by atoms with van der Waals surface area (Å²) in [6, 6.07) is 7.72. The molecule has 2 aromatic rings. The molecule has 0 unspecified atom stereocenters. The fraction of sp³-hybridized carbons (Fsp3) is 0.412. The number of nitrogens with one attached hydrogen (secondary N) is 1. The highest BCUT2D eigenvalue weighted by Gasteiger charge is 2.21. The fourth-order valence-corrected chi connectivity index (χ4v) is 3.30. The van der Waals surface area contributed by atoms with Crippen LogP contribution in [0.2, 0.25) is 0 Å². The molecule has 5 heteroatoms. The largest absolute Gasteiger partial charge is 0.395 e. The molecule has 0 aliphatic rings. The minimum Gasteiger partial charge on any atom is -0.395 e. The molecule has 0 radical (unpaired) electrons. The van der Waals surface area contributed by atoms with Crippen molar-refractivity contribution < 1.29 is 9.90 Å². The van der Waals surface area contributed by atoms with Crippen LogP contribution in [0.5, 0.6) is 0 Å². The van der Waals surface area contributed by atoms with E-state index in [-0.39, 0.29) is 23.8 Å². The first-order chi connectivity index (χ1) is 10.5. The molecule has 2 rings (SSSR count). The number of carbonyl (C=O) groups is 1. The molecule has 2 N–H and O–H groups in total. The molecule has 0 bridgehead atoms. The Morgan fingerprint density at radius 1 is 1.36 bits per heavy atom. The van der Waals surface area contributed by atoms with Gasteiger partial charge in [-0.25, -0.2) is 0 Å². The Kier molecular flexibility index (Phi) is 5.42. The van der Waals surface area contributed by atoms with Crippen LogP contribution in [0.25, 0.3) is 10.9 Å². The molecule has 4 nitrogen and oxygen atoms in total. The summed E-state index contributed by atoms with van der Waals surface area (Å²) in [4.78, 5) is 17.2. The molecule has 0 aliphatic carbocycles. The number of nitrogens with zero attached hydrogens (tertiary/aromatic N) is 1. The van der Waals surface area contributed by atoms with E-state index in [2.05, 4.69) is 10.3 Å². The second-order valence-electron chi connectivity index (χ2n) is 5.43. The summed E-state index contributed by atoms with van der Waals surface area (Å²) in [6.07, 6.45) is 1.93. The smallest absolute Gasteiger partial charge is 0.253 e. The van der Waals surface area contributed by atoms with Crippen molar-refractivity contribution in [2.75, 3.05) is 12.9 Å². The summed E-state index contributed by atoms with van der Waals surface area (Å²) in [5, 5.41) is 13.3. The van der Waals surface area contributed by atoms with Crippen molar-refractivity contribution in [2.45, 2.75) is 32.1 Å². The SMILES string of the molecule is CS[C@H](CO)[C@@H](C)NC(=O)c1c(C)nc2ccccc2c1C. The number of fused-ring (bicyclic) bond motifs is 1. The van der Waals surface area contributed by atoms with Crippen molar-refractivity contribution in [2.24, 2.45) is 0 Å². The van der Waals surface area contributed by atoms with Crippen LogP contribution >= 0.6 is 11.8 Å². The number of carbonyl (C=O) groups excluding carboxylic acids is 1. The zero-order chi connectivity index (χ0) is 16.3. The van der Waals surface area contributed by atoms with E-state index in [1.165, 1.54) is 0 Å². The van der Waals surface area contributed by atoms with Gasteiger partial charge in [-0.05, 0) is 38.7 Å². The van der Waals surface area contributed by atoms with Crippen molar-refractivity contribution in [3.8, 4) is 0 Å². The molecule has 2 atom stereocenters. The summed E-state index contributed by atoms with van der Waals surface area (Å²) >= 11 is 1.55. The van der Waals surface area contributed by atoms with Crippen molar-refractivity contribution in [1.82, 2.24) is 10.3 Å². The minimum atomic E-state index is -0.131. The number of benzene rings is 1. The van der Waals surface area contributed by atoms with Crippen LogP contribution in [-0.4, -0.2) is 40.2 Å². The van der Waals surface area contributed by atoms with Crippen LogP contribution in [0.1, 0.15) is 28.5 Å². The molecule has 1 amide bonds. The molecular formula is C17H22N2O2S. The zero-order valence-electron chi connectivity index (χ0n) is 13.4. The molecule has 1 heterocycles. The van der Waals surface area contributed by atoms with E-state index >= 15 is 0 Å². The number of aromatic nitrogens is 1. The van der Waals surface area contributed by atoms with Gasteiger partial charge in [0, 0.05) is 16.7 Å². The number of aryl methyl sites for hydroxylation is 2. The number of aliphatic hydroxyl groups excluding tert-OH is 1. The Bertz CT molecular complexity index is 684. The molecule has 0 saturated carbocycles. The summed E-state index contributed by atoms with van der Waals surface area (Å²) < 4.78 is 0. The maximum atomic E-state index is 12.6. The highest BCUT2D eigenvalue weighted by molar-refractivity contribution is 7.99. The van der Waals surface area contributed by atoms with Crippen LogP contribution in [0.15, 0.2) is 24.3 Å². The molecule has 0 saturated heterocycles. The van der Waals surface area contributed by atoms with Gasteiger partial charge in [0.15, 0.2) is 0 Å². The Balaban J connectivity index is 2.36. The van der Waals surface area contributed by atoms with E-state index < -0.39 is 0 Å². The van der Waals surface area contributed by atoms with Crippen LogP contribution in [0, 0.1) is 13.8 Å². The number of amides is 1. The third kappa shape index (κ3) is 3.25. The lowest BCUT2D eigenvalue weighted by Crippen LogP contribution is -2.41. The van der Waals surface area contributed by atoms with Gasteiger partial charge in [0.2, 0.25) is 0 Å². The summed E-state index contributed by atoms with van der Waals surface area (Å²) in [5.41, 5.74) is 3.20. The van der Waals surface area contributed by atoms with Gasteiger partial charge in [-0.1, -0.05) is 18.2 Å². The van der Waals surface area contributed by atoms with Gasteiger partial charge >= 0.3 is 0 Å². The lowest BCUT2D eigenvalue weighted by molar-refractivity contribution is 0.0934. The Morgan fingerprint density at radius 3 is 2.68 bits per heavy atom. The predicted molar refractivity (Wildman–Crippen MR) is 92.5 cm³/mol. The lowest BCUT2D eigenvalue weighted by atomic mass is 10.0. The number of aliphatic hydroxyl groups is 1. The summed E-state index contributed by atoms with van der Waals surface area (Å²) in [7, 11) is 0. The molecule has 0 aliphatic heterocycles. The van der Waals surface area contributed by atoms with Gasteiger partial charge in [-0.2, -0.15) is 11.8 Å². The first kappa shape index (κ1) is 16.8. The molecule has 0 fully saturated rings. The number of hydrogen-bond acceptors (Lipinski definition) is 4. The molecule has 118 valence electrons. The van der Waals surface area contributed by atoms with Gasteiger partial charge < -0.3 is 10.4 Å². The van der Waals surface area contributed by atoms with E-state index in [4.69, 9.17) is 0 Å². The average molecular weight is 318 g/mol. The monoisotopic (exact) mass is 318 g/mol. The normalized spacial score (nSPS) is 13.9. The van der Waals surface area contributed by atoms with Gasteiger partial charge in [0.05, 0.1) is 23.4 Å². The molecular weight excluding hydrogens is 296 g/mol. The molecule has 1 aromatic heterocycles. The van der Waals surface area contributed by atoms with Crippen LogP contribution in [0.4, 0.5) is 0 Å². The number of pyridine rings is 1. The molecule has 1 aromatic carbocycles. The maximum Gasteiger partial charge on any atom is 0.253 e. The van der Waals surface area contributed by atoms with Crippen molar-refractivity contribution in [3.63, 3.8) is 0 Å².